The molecule has 0 aliphatic rings. The molecule has 0 unspecified atom stereocenters. The van der Waals surface area contributed by atoms with Crippen LogP contribution < -0.4 is 10.0 Å². The SMILES string of the molecule is CNc1ccc(S(=O)(=O)Nc2cc(C)cc(C)n2)cc1. The van der Waals surface area contributed by atoms with Crippen LogP contribution in [-0.4, -0.2) is 20.4 Å². The van der Waals surface area contributed by atoms with Crippen LogP contribution in [0.3, 0.4) is 0 Å². The van der Waals surface area contributed by atoms with Crippen molar-refractivity contribution in [3.63, 3.8) is 0 Å². The average molecular weight is 291 g/mol. The van der Waals surface area contributed by atoms with Gasteiger partial charge in [-0.2, -0.15) is 0 Å². The van der Waals surface area contributed by atoms with Crippen LogP contribution in [0.15, 0.2) is 41.3 Å². The number of benzene rings is 1. The Morgan fingerprint density at radius 2 is 1.70 bits per heavy atom. The van der Waals surface area contributed by atoms with Crippen LogP contribution >= 0.6 is 0 Å². The average Bonchev–Trinajstić information content (AvgIpc) is 2.37. The number of anilines is 2. The fourth-order valence-electron chi connectivity index (χ4n) is 1.89. The van der Waals surface area contributed by atoms with Crippen molar-refractivity contribution >= 4 is 21.5 Å². The van der Waals surface area contributed by atoms with E-state index in [0.717, 1.165) is 16.9 Å². The van der Waals surface area contributed by atoms with Crippen LogP contribution in [-0.2, 0) is 10.0 Å². The van der Waals surface area contributed by atoms with Gasteiger partial charge >= 0.3 is 0 Å². The summed E-state index contributed by atoms with van der Waals surface area (Å²) in [7, 11) is -1.83. The largest absolute Gasteiger partial charge is 0.388 e. The highest BCUT2D eigenvalue weighted by Gasteiger charge is 2.14. The van der Waals surface area contributed by atoms with Crippen LogP contribution in [0, 0.1) is 13.8 Å². The maximum atomic E-state index is 12.3. The molecular weight excluding hydrogens is 274 g/mol. The predicted molar refractivity (Wildman–Crippen MR) is 80.5 cm³/mol. The number of nitrogens with one attached hydrogen (secondary N) is 2. The van der Waals surface area contributed by atoms with E-state index in [1.54, 1.807) is 37.4 Å². The number of aryl methyl sites for hydroxylation is 2. The predicted octanol–water partition coefficient (Wildman–Crippen LogP) is 2.54. The van der Waals surface area contributed by atoms with E-state index in [2.05, 4.69) is 15.0 Å². The van der Waals surface area contributed by atoms with Crippen LogP contribution in [0.2, 0.25) is 0 Å². The molecule has 0 radical (unpaired) electrons. The fraction of sp³-hybridized carbons (Fsp3) is 0.214. The third kappa shape index (κ3) is 3.27. The normalized spacial score (nSPS) is 11.2. The summed E-state index contributed by atoms with van der Waals surface area (Å²) in [4.78, 5) is 4.38. The van der Waals surface area contributed by atoms with Crippen LogP contribution in [0.25, 0.3) is 0 Å². The monoisotopic (exact) mass is 291 g/mol. The number of pyridine rings is 1. The van der Waals surface area contributed by atoms with Crippen molar-refractivity contribution in [3.8, 4) is 0 Å². The Morgan fingerprint density at radius 3 is 2.25 bits per heavy atom. The van der Waals surface area contributed by atoms with E-state index >= 15 is 0 Å². The molecule has 1 heterocycles. The summed E-state index contributed by atoms with van der Waals surface area (Å²) in [6.45, 7) is 3.72. The Morgan fingerprint density at radius 1 is 1.05 bits per heavy atom. The Labute approximate surface area is 119 Å². The zero-order chi connectivity index (χ0) is 14.8. The quantitative estimate of drug-likeness (QED) is 0.908. The summed E-state index contributed by atoms with van der Waals surface area (Å²) < 4.78 is 27.0. The molecule has 0 aliphatic carbocycles. The molecule has 1 aromatic heterocycles. The molecule has 2 N–H and O–H groups in total. The third-order valence-corrected chi connectivity index (χ3v) is 4.16. The molecule has 0 fully saturated rings. The lowest BCUT2D eigenvalue weighted by Gasteiger charge is -2.09. The van der Waals surface area contributed by atoms with Crippen molar-refractivity contribution in [2.75, 3.05) is 17.1 Å². The van der Waals surface area contributed by atoms with Crippen molar-refractivity contribution in [1.82, 2.24) is 4.98 Å². The van der Waals surface area contributed by atoms with Crippen LogP contribution in [0.1, 0.15) is 11.3 Å². The molecule has 0 spiro atoms. The van der Waals surface area contributed by atoms with Gasteiger partial charge in [-0.1, -0.05) is 0 Å². The first-order chi connectivity index (χ1) is 9.40. The van der Waals surface area contributed by atoms with Crippen LogP contribution in [0.4, 0.5) is 11.5 Å². The number of sulfonamides is 1. The van der Waals surface area contributed by atoms with E-state index in [-0.39, 0.29) is 4.90 Å². The summed E-state index contributed by atoms with van der Waals surface area (Å²) >= 11 is 0. The number of hydrogen-bond donors (Lipinski definition) is 2. The van der Waals surface area contributed by atoms with Crippen molar-refractivity contribution in [2.45, 2.75) is 18.7 Å². The molecule has 2 aromatic rings. The maximum absolute atomic E-state index is 12.3. The highest BCUT2D eigenvalue weighted by Crippen LogP contribution is 2.18. The van der Waals surface area contributed by atoms with Gasteiger partial charge < -0.3 is 5.32 Å². The molecule has 0 amide bonds. The molecule has 0 saturated heterocycles. The first-order valence-corrected chi connectivity index (χ1v) is 7.65. The molecule has 6 heteroatoms. The zero-order valence-electron chi connectivity index (χ0n) is 11.6. The Kier molecular flexibility index (Phi) is 3.94. The second kappa shape index (κ2) is 5.50. The molecule has 106 valence electrons. The van der Waals surface area contributed by atoms with Gasteiger partial charge in [-0.05, 0) is 55.8 Å². The van der Waals surface area contributed by atoms with Gasteiger partial charge in [-0.25, -0.2) is 13.4 Å². The second-order valence-electron chi connectivity index (χ2n) is 4.55. The van der Waals surface area contributed by atoms with Gasteiger partial charge in [0.15, 0.2) is 0 Å². The molecule has 0 saturated carbocycles. The number of aromatic nitrogens is 1. The minimum absolute atomic E-state index is 0.206. The Bertz CT molecular complexity index is 689. The molecule has 0 bridgehead atoms. The first kappa shape index (κ1) is 14.3. The van der Waals surface area contributed by atoms with E-state index in [9.17, 15) is 8.42 Å². The van der Waals surface area contributed by atoms with Gasteiger partial charge in [0.05, 0.1) is 4.90 Å². The molecule has 0 atom stereocenters. The zero-order valence-corrected chi connectivity index (χ0v) is 12.5. The highest BCUT2D eigenvalue weighted by molar-refractivity contribution is 7.92. The van der Waals surface area contributed by atoms with Gasteiger partial charge in [0.2, 0.25) is 0 Å². The molecule has 5 nitrogen and oxygen atoms in total. The lowest BCUT2D eigenvalue weighted by molar-refractivity contribution is 0.601. The summed E-state index contributed by atoms with van der Waals surface area (Å²) in [6.07, 6.45) is 0. The standard InChI is InChI=1S/C14H17N3O2S/c1-10-8-11(2)16-14(9-10)17-20(18,19)13-6-4-12(15-3)5-7-13/h4-9,15H,1-3H3,(H,16,17). The molecule has 0 aliphatic heterocycles. The summed E-state index contributed by atoms with van der Waals surface area (Å²) in [5, 5.41) is 2.94. The number of nitrogens with zero attached hydrogens (tertiary/aromatic N) is 1. The van der Waals surface area contributed by atoms with Crippen molar-refractivity contribution in [2.24, 2.45) is 0 Å². The molecule has 20 heavy (non-hydrogen) atoms. The van der Waals surface area contributed by atoms with Gasteiger partial charge in [0.25, 0.3) is 10.0 Å². The van der Waals surface area contributed by atoms with E-state index < -0.39 is 10.0 Å². The third-order valence-electron chi connectivity index (χ3n) is 2.79. The lowest BCUT2D eigenvalue weighted by atomic mass is 10.2. The summed E-state index contributed by atoms with van der Waals surface area (Å²) in [6, 6.07) is 10.1. The van der Waals surface area contributed by atoms with Crippen molar-refractivity contribution in [1.29, 1.82) is 0 Å². The van der Waals surface area contributed by atoms with E-state index in [1.165, 1.54) is 0 Å². The minimum Gasteiger partial charge on any atom is -0.388 e. The van der Waals surface area contributed by atoms with E-state index in [1.807, 2.05) is 19.9 Å². The number of rotatable bonds is 4. The molecule has 1 aromatic carbocycles. The second-order valence-corrected chi connectivity index (χ2v) is 6.23. The first-order valence-electron chi connectivity index (χ1n) is 6.16. The minimum atomic E-state index is -3.61. The van der Waals surface area contributed by atoms with Gasteiger partial charge in [-0.15, -0.1) is 0 Å². The fourth-order valence-corrected chi connectivity index (χ4v) is 2.88. The topological polar surface area (TPSA) is 71.1 Å². The number of hydrogen-bond acceptors (Lipinski definition) is 4. The van der Waals surface area contributed by atoms with Gasteiger partial charge in [0, 0.05) is 18.4 Å². The highest BCUT2D eigenvalue weighted by atomic mass is 32.2. The van der Waals surface area contributed by atoms with E-state index in [0.29, 0.717) is 5.82 Å². The Hall–Kier alpha value is -2.08. The maximum Gasteiger partial charge on any atom is 0.263 e. The summed E-state index contributed by atoms with van der Waals surface area (Å²) in [5.74, 6) is 0.334. The summed E-state index contributed by atoms with van der Waals surface area (Å²) in [5.41, 5.74) is 2.59. The van der Waals surface area contributed by atoms with Crippen molar-refractivity contribution < 1.29 is 8.42 Å². The smallest absolute Gasteiger partial charge is 0.263 e. The lowest BCUT2D eigenvalue weighted by Crippen LogP contribution is -2.14. The van der Waals surface area contributed by atoms with E-state index in [4.69, 9.17) is 0 Å². The molecule has 2 rings (SSSR count). The van der Waals surface area contributed by atoms with Gasteiger partial charge in [0.1, 0.15) is 5.82 Å². The van der Waals surface area contributed by atoms with Crippen LogP contribution in [0.5, 0.6) is 0 Å². The Balaban J connectivity index is 2.30. The van der Waals surface area contributed by atoms with Crippen molar-refractivity contribution in [3.05, 3.63) is 47.7 Å². The van der Waals surface area contributed by atoms with Gasteiger partial charge in [-0.3, -0.25) is 4.72 Å². The molecular formula is C14H17N3O2S.